The van der Waals surface area contributed by atoms with E-state index in [2.05, 4.69) is 25.7 Å². The number of nitrogens with zero attached hydrogens (tertiary/aromatic N) is 1. The summed E-state index contributed by atoms with van der Waals surface area (Å²) in [5.41, 5.74) is 2.26. The second-order valence-corrected chi connectivity index (χ2v) is 3.48. The van der Waals surface area contributed by atoms with Gasteiger partial charge in [-0.2, -0.15) is 0 Å². The fourth-order valence-corrected chi connectivity index (χ4v) is 1.16. The SMILES string of the molecule is CC/C(C)=C(/C=C(/F)CC)N(C)CC. The average Bonchev–Trinajstić information content (AvgIpc) is 2.23. The quantitative estimate of drug-likeness (QED) is 0.607. The Morgan fingerprint density at radius 3 is 2.14 bits per heavy atom. The first kappa shape index (κ1) is 13.2. The first-order chi connectivity index (χ1) is 6.56. The van der Waals surface area contributed by atoms with Gasteiger partial charge in [-0.15, -0.1) is 0 Å². The zero-order valence-electron chi connectivity index (χ0n) is 10.0. The third-order valence-corrected chi connectivity index (χ3v) is 2.48. The van der Waals surface area contributed by atoms with Crippen LogP contribution in [0, 0.1) is 0 Å². The van der Waals surface area contributed by atoms with Crippen LogP contribution in [0.2, 0.25) is 0 Å². The lowest BCUT2D eigenvalue weighted by molar-refractivity contribution is 0.445. The number of allylic oxidation sites excluding steroid dienone is 3. The third-order valence-electron chi connectivity index (χ3n) is 2.48. The minimum absolute atomic E-state index is 0.0481. The highest BCUT2D eigenvalue weighted by atomic mass is 19.1. The lowest BCUT2D eigenvalue weighted by Crippen LogP contribution is -2.17. The van der Waals surface area contributed by atoms with E-state index in [0.717, 1.165) is 18.7 Å². The van der Waals surface area contributed by atoms with Gasteiger partial charge in [-0.25, -0.2) is 4.39 Å². The van der Waals surface area contributed by atoms with E-state index < -0.39 is 0 Å². The van der Waals surface area contributed by atoms with Crippen molar-refractivity contribution >= 4 is 0 Å². The molecule has 0 atom stereocenters. The lowest BCUT2D eigenvalue weighted by Gasteiger charge is -2.20. The van der Waals surface area contributed by atoms with E-state index in [0.29, 0.717) is 6.42 Å². The fourth-order valence-electron chi connectivity index (χ4n) is 1.16. The number of hydrogen-bond acceptors (Lipinski definition) is 1. The molecule has 0 bridgehead atoms. The molecule has 0 aliphatic rings. The first-order valence-corrected chi connectivity index (χ1v) is 5.33. The molecule has 0 aromatic heterocycles. The van der Waals surface area contributed by atoms with Crippen LogP contribution in [0.1, 0.15) is 40.5 Å². The van der Waals surface area contributed by atoms with Crippen molar-refractivity contribution in [2.75, 3.05) is 13.6 Å². The van der Waals surface area contributed by atoms with Crippen molar-refractivity contribution in [1.82, 2.24) is 4.90 Å². The van der Waals surface area contributed by atoms with Gasteiger partial charge in [-0.1, -0.05) is 19.4 Å². The molecular formula is C12H22FN. The Bertz CT molecular complexity index is 228. The topological polar surface area (TPSA) is 3.24 Å². The van der Waals surface area contributed by atoms with E-state index in [-0.39, 0.29) is 5.83 Å². The van der Waals surface area contributed by atoms with E-state index in [1.807, 2.05) is 14.0 Å². The van der Waals surface area contributed by atoms with Crippen molar-refractivity contribution in [2.45, 2.75) is 40.5 Å². The summed E-state index contributed by atoms with van der Waals surface area (Å²) < 4.78 is 13.2. The molecule has 0 amide bonds. The summed E-state index contributed by atoms with van der Waals surface area (Å²) in [7, 11) is 1.99. The fraction of sp³-hybridized carbons (Fsp3) is 0.667. The highest BCUT2D eigenvalue weighted by molar-refractivity contribution is 5.24. The molecule has 0 N–H and O–H groups in total. The molecule has 0 aliphatic carbocycles. The lowest BCUT2D eigenvalue weighted by atomic mass is 10.1. The van der Waals surface area contributed by atoms with Crippen LogP contribution >= 0.6 is 0 Å². The monoisotopic (exact) mass is 199 g/mol. The largest absolute Gasteiger partial charge is 0.375 e. The maximum atomic E-state index is 13.2. The summed E-state index contributed by atoms with van der Waals surface area (Å²) in [6.45, 7) is 8.95. The van der Waals surface area contributed by atoms with E-state index in [9.17, 15) is 4.39 Å². The van der Waals surface area contributed by atoms with Crippen LogP contribution in [-0.4, -0.2) is 18.5 Å². The van der Waals surface area contributed by atoms with Crippen LogP contribution in [0.5, 0.6) is 0 Å². The Hall–Kier alpha value is -0.790. The van der Waals surface area contributed by atoms with Crippen LogP contribution in [0.15, 0.2) is 23.2 Å². The third kappa shape index (κ3) is 3.95. The van der Waals surface area contributed by atoms with Crippen LogP contribution in [0.25, 0.3) is 0 Å². The van der Waals surface area contributed by atoms with E-state index in [1.54, 1.807) is 6.08 Å². The van der Waals surface area contributed by atoms with Gasteiger partial charge in [0.05, 0.1) is 0 Å². The standard InChI is InChI=1S/C12H22FN/c1-6-10(4)12(14(5)8-3)9-11(13)7-2/h9H,6-8H2,1-5H3/b11-9+,12-10-. The van der Waals surface area contributed by atoms with Crippen LogP contribution in [-0.2, 0) is 0 Å². The number of rotatable bonds is 5. The van der Waals surface area contributed by atoms with Gasteiger partial charge in [-0.05, 0) is 32.8 Å². The predicted molar refractivity (Wildman–Crippen MR) is 60.8 cm³/mol. The van der Waals surface area contributed by atoms with Crippen molar-refractivity contribution in [3.63, 3.8) is 0 Å². The molecule has 82 valence electrons. The van der Waals surface area contributed by atoms with E-state index in [4.69, 9.17) is 0 Å². The van der Waals surface area contributed by atoms with Gasteiger partial charge in [0.1, 0.15) is 5.83 Å². The van der Waals surface area contributed by atoms with Crippen molar-refractivity contribution in [3.8, 4) is 0 Å². The molecular weight excluding hydrogens is 177 g/mol. The van der Waals surface area contributed by atoms with Crippen LogP contribution in [0.4, 0.5) is 4.39 Å². The molecule has 0 fully saturated rings. The molecule has 0 aromatic rings. The second-order valence-electron chi connectivity index (χ2n) is 3.48. The Morgan fingerprint density at radius 1 is 1.21 bits per heavy atom. The molecule has 0 saturated heterocycles. The summed E-state index contributed by atoms with van der Waals surface area (Å²) in [5.74, 6) is -0.0481. The van der Waals surface area contributed by atoms with Gasteiger partial charge in [0.15, 0.2) is 0 Å². The Kier molecular flexibility index (Phi) is 6.26. The number of halogens is 1. The maximum absolute atomic E-state index is 13.2. The molecule has 0 radical (unpaired) electrons. The first-order valence-electron chi connectivity index (χ1n) is 5.33. The summed E-state index contributed by atoms with van der Waals surface area (Å²) >= 11 is 0. The minimum atomic E-state index is -0.0481. The molecule has 0 unspecified atom stereocenters. The van der Waals surface area contributed by atoms with Gasteiger partial charge < -0.3 is 4.90 Å². The maximum Gasteiger partial charge on any atom is 0.102 e. The molecule has 0 aromatic carbocycles. The normalized spacial score (nSPS) is 14.0. The molecule has 0 saturated carbocycles. The highest BCUT2D eigenvalue weighted by Crippen LogP contribution is 2.16. The highest BCUT2D eigenvalue weighted by Gasteiger charge is 2.04. The molecule has 1 nitrogen and oxygen atoms in total. The van der Waals surface area contributed by atoms with Crippen LogP contribution < -0.4 is 0 Å². The molecule has 0 heterocycles. The van der Waals surface area contributed by atoms with Crippen molar-refractivity contribution < 1.29 is 4.39 Å². The molecule has 2 heteroatoms. The zero-order valence-corrected chi connectivity index (χ0v) is 10.0. The Labute approximate surface area is 87.3 Å². The second kappa shape index (κ2) is 6.63. The molecule has 0 rings (SSSR count). The van der Waals surface area contributed by atoms with Crippen molar-refractivity contribution in [3.05, 3.63) is 23.2 Å². The van der Waals surface area contributed by atoms with Gasteiger partial charge in [-0.3, -0.25) is 0 Å². The molecule has 14 heavy (non-hydrogen) atoms. The van der Waals surface area contributed by atoms with Crippen LogP contribution in [0.3, 0.4) is 0 Å². The smallest absolute Gasteiger partial charge is 0.102 e. The Balaban J connectivity index is 4.93. The minimum Gasteiger partial charge on any atom is -0.375 e. The predicted octanol–water partition coefficient (Wildman–Crippen LogP) is 3.89. The van der Waals surface area contributed by atoms with E-state index >= 15 is 0 Å². The molecule has 0 spiro atoms. The summed E-state index contributed by atoms with van der Waals surface area (Å²) in [4.78, 5) is 2.08. The van der Waals surface area contributed by atoms with Gasteiger partial charge >= 0.3 is 0 Å². The van der Waals surface area contributed by atoms with Gasteiger partial charge in [0.2, 0.25) is 0 Å². The van der Waals surface area contributed by atoms with Crippen molar-refractivity contribution in [2.24, 2.45) is 0 Å². The van der Waals surface area contributed by atoms with Gasteiger partial charge in [0.25, 0.3) is 0 Å². The van der Waals surface area contributed by atoms with Crippen molar-refractivity contribution in [1.29, 1.82) is 0 Å². The summed E-state index contributed by atoms with van der Waals surface area (Å²) in [6.07, 6.45) is 3.09. The Morgan fingerprint density at radius 2 is 1.79 bits per heavy atom. The molecule has 0 aliphatic heterocycles. The van der Waals surface area contributed by atoms with E-state index in [1.165, 1.54) is 5.57 Å². The number of hydrogen-bond donors (Lipinski definition) is 0. The average molecular weight is 199 g/mol. The summed E-state index contributed by atoms with van der Waals surface area (Å²) in [5, 5.41) is 0. The number of likely N-dealkylation sites (N-methyl/N-ethyl adjacent to an activating group) is 1. The zero-order chi connectivity index (χ0) is 11.1. The summed E-state index contributed by atoms with van der Waals surface area (Å²) in [6, 6.07) is 0. The van der Waals surface area contributed by atoms with Gasteiger partial charge in [0, 0.05) is 19.3 Å².